The van der Waals surface area contributed by atoms with Crippen LogP contribution in [0.5, 0.6) is 0 Å². The lowest BCUT2D eigenvalue weighted by Crippen LogP contribution is -2.02. The smallest absolute Gasteiger partial charge is 0.175 e. The van der Waals surface area contributed by atoms with E-state index < -0.39 is 0 Å². The maximum Gasteiger partial charge on any atom is 0.175 e. The average molecular weight is 301 g/mol. The summed E-state index contributed by atoms with van der Waals surface area (Å²) in [6.45, 7) is 0.222. The zero-order chi connectivity index (χ0) is 13.0. The van der Waals surface area contributed by atoms with Gasteiger partial charge in [-0.05, 0) is 11.8 Å². The first-order valence-electron chi connectivity index (χ1n) is 5.21. The number of nitrogens with two attached hydrogens (primary N) is 1. The molecule has 0 aliphatic heterocycles. The first kappa shape index (κ1) is 13.8. The fraction of sp³-hybridized carbons (Fsp3) is 0.273. The monoisotopic (exact) mass is 301 g/mol. The fourth-order valence-corrected chi connectivity index (χ4v) is 3.79. The Balaban J connectivity index is 2.06. The van der Waals surface area contributed by atoms with Crippen LogP contribution in [-0.2, 0) is 12.3 Å². The minimum atomic E-state index is -0.206. The Morgan fingerprint density at radius 1 is 1.28 bits per heavy atom. The minimum absolute atomic E-state index is 0.206. The third kappa shape index (κ3) is 3.23. The Hall–Kier alpha value is -0.630. The summed E-state index contributed by atoms with van der Waals surface area (Å²) in [5, 5.41) is 8.04. The number of hydrogen-bond donors (Lipinski definition) is 1. The first-order valence-corrected chi connectivity index (χ1v) is 8.24. The van der Waals surface area contributed by atoms with Crippen molar-refractivity contribution in [3.63, 3.8) is 0 Å². The molecule has 2 N–H and O–H groups in total. The molecule has 3 nitrogen and oxygen atoms in total. The summed E-state index contributed by atoms with van der Waals surface area (Å²) in [6, 6.07) is 5.31. The largest absolute Gasteiger partial charge is 0.326 e. The highest BCUT2D eigenvalue weighted by atomic mass is 32.2. The highest BCUT2D eigenvalue weighted by Crippen LogP contribution is 2.30. The van der Waals surface area contributed by atoms with Crippen molar-refractivity contribution in [1.29, 1.82) is 0 Å². The third-order valence-corrected chi connectivity index (χ3v) is 5.37. The number of rotatable bonds is 5. The van der Waals surface area contributed by atoms with Crippen LogP contribution in [0.15, 0.2) is 26.9 Å². The molecule has 2 aromatic rings. The van der Waals surface area contributed by atoms with Crippen LogP contribution in [0, 0.1) is 5.82 Å². The van der Waals surface area contributed by atoms with Crippen molar-refractivity contribution in [3.05, 3.63) is 35.1 Å². The highest BCUT2D eigenvalue weighted by molar-refractivity contribution is 8.02. The van der Waals surface area contributed by atoms with Crippen molar-refractivity contribution in [2.24, 2.45) is 5.73 Å². The summed E-state index contributed by atoms with van der Waals surface area (Å²) in [4.78, 5) is 0. The number of thioether (sulfide) groups is 2. The van der Waals surface area contributed by atoms with E-state index in [4.69, 9.17) is 5.73 Å². The number of nitrogens with zero attached hydrogens (tertiary/aromatic N) is 2. The molecule has 0 saturated carbocycles. The van der Waals surface area contributed by atoms with Crippen molar-refractivity contribution >= 4 is 34.9 Å². The lowest BCUT2D eigenvalue weighted by atomic mass is 10.1. The molecule has 7 heteroatoms. The second-order valence-corrected chi connectivity index (χ2v) is 6.67. The first-order chi connectivity index (χ1) is 8.74. The summed E-state index contributed by atoms with van der Waals surface area (Å²) in [5.41, 5.74) is 6.69. The molecule has 2 rings (SSSR count). The molecular formula is C11H12FN3S3. The topological polar surface area (TPSA) is 51.8 Å². The number of benzene rings is 1. The number of hydrogen-bond acceptors (Lipinski definition) is 6. The molecule has 0 atom stereocenters. The van der Waals surface area contributed by atoms with Gasteiger partial charge in [-0.1, -0.05) is 53.1 Å². The minimum Gasteiger partial charge on any atom is -0.326 e. The van der Waals surface area contributed by atoms with E-state index in [0.29, 0.717) is 16.9 Å². The summed E-state index contributed by atoms with van der Waals surface area (Å²) in [7, 11) is 0. The van der Waals surface area contributed by atoms with Gasteiger partial charge < -0.3 is 5.73 Å². The van der Waals surface area contributed by atoms with Crippen molar-refractivity contribution < 1.29 is 4.39 Å². The summed E-state index contributed by atoms with van der Waals surface area (Å²) in [5.74, 6) is 0.338. The van der Waals surface area contributed by atoms with Crippen LogP contribution in [0.1, 0.15) is 11.1 Å². The normalized spacial score (nSPS) is 10.8. The third-order valence-electron chi connectivity index (χ3n) is 2.29. The molecule has 0 bridgehead atoms. The second kappa shape index (κ2) is 6.51. The molecule has 96 valence electrons. The molecule has 1 aromatic heterocycles. The van der Waals surface area contributed by atoms with Crippen molar-refractivity contribution in [1.82, 2.24) is 10.2 Å². The van der Waals surface area contributed by atoms with E-state index in [1.807, 2.05) is 12.3 Å². The molecule has 0 saturated heterocycles. The van der Waals surface area contributed by atoms with Gasteiger partial charge in [0, 0.05) is 17.9 Å². The lowest BCUT2D eigenvalue weighted by molar-refractivity contribution is 0.600. The highest BCUT2D eigenvalue weighted by Gasteiger charge is 2.09. The Morgan fingerprint density at radius 2 is 2.00 bits per heavy atom. The molecule has 0 radical (unpaired) electrons. The Morgan fingerprint density at radius 3 is 2.67 bits per heavy atom. The quantitative estimate of drug-likeness (QED) is 0.860. The predicted octanol–water partition coefficient (Wildman–Crippen LogP) is 3.15. The van der Waals surface area contributed by atoms with E-state index in [2.05, 4.69) is 10.2 Å². The Labute approximate surface area is 117 Å². The van der Waals surface area contributed by atoms with Gasteiger partial charge in [-0.3, -0.25) is 0 Å². The van der Waals surface area contributed by atoms with Crippen LogP contribution in [0.25, 0.3) is 0 Å². The van der Waals surface area contributed by atoms with Gasteiger partial charge in [0.2, 0.25) is 0 Å². The van der Waals surface area contributed by atoms with Crippen LogP contribution < -0.4 is 5.73 Å². The van der Waals surface area contributed by atoms with Crippen LogP contribution in [0.3, 0.4) is 0 Å². The van der Waals surface area contributed by atoms with Crippen LogP contribution >= 0.6 is 34.9 Å². The Bertz CT molecular complexity index is 530. The van der Waals surface area contributed by atoms with Crippen molar-refractivity contribution in [3.8, 4) is 0 Å². The molecule has 0 aliphatic rings. The van der Waals surface area contributed by atoms with Crippen molar-refractivity contribution in [2.45, 2.75) is 21.0 Å². The van der Waals surface area contributed by atoms with Crippen LogP contribution in [0.2, 0.25) is 0 Å². The summed E-state index contributed by atoms with van der Waals surface area (Å²) < 4.78 is 15.7. The van der Waals surface area contributed by atoms with E-state index in [1.54, 1.807) is 23.9 Å². The number of aromatic nitrogens is 2. The van der Waals surface area contributed by atoms with E-state index in [9.17, 15) is 4.39 Å². The summed E-state index contributed by atoms with van der Waals surface area (Å²) in [6.07, 6.45) is 1.96. The maximum absolute atomic E-state index is 13.9. The van der Waals surface area contributed by atoms with Crippen molar-refractivity contribution in [2.75, 3.05) is 6.26 Å². The molecule has 0 spiro atoms. The van der Waals surface area contributed by atoms with Gasteiger partial charge in [-0.15, -0.1) is 10.2 Å². The van der Waals surface area contributed by atoms with E-state index in [-0.39, 0.29) is 12.4 Å². The molecular weight excluding hydrogens is 289 g/mol. The van der Waals surface area contributed by atoms with E-state index >= 15 is 0 Å². The number of halogens is 1. The van der Waals surface area contributed by atoms with Gasteiger partial charge in [0.1, 0.15) is 5.82 Å². The SMILES string of the molecule is CSc1nnc(SCc2cccc(CN)c2F)s1. The fourth-order valence-electron chi connectivity index (χ4n) is 1.38. The molecule has 0 fully saturated rings. The van der Waals surface area contributed by atoms with Gasteiger partial charge in [0.25, 0.3) is 0 Å². The average Bonchev–Trinajstić information content (AvgIpc) is 2.85. The van der Waals surface area contributed by atoms with Crippen LogP contribution in [-0.4, -0.2) is 16.5 Å². The summed E-state index contributed by atoms with van der Waals surface area (Å²) >= 11 is 4.58. The predicted molar refractivity (Wildman–Crippen MR) is 75.5 cm³/mol. The zero-order valence-electron chi connectivity index (χ0n) is 9.72. The van der Waals surface area contributed by atoms with Gasteiger partial charge in [0.05, 0.1) is 0 Å². The van der Waals surface area contributed by atoms with Gasteiger partial charge in [0.15, 0.2) is 8.68 Å². The molecule has 1 heterocycles. The second-order valence-electron chi connectivity index (χ2n) is 3.42. The van der Waals surface area contributed by atoms with Gasteiger partial charge in [-0.2, -0.15) is 0 Å². The lowest BCUT2D eigenvalue weighted by Gasteiger charge is -2.05. The molecule has 0 unspecified atom stereocenters. The molecule has 0 amide bonds. The zero-order valence-corrected chi connectivity index (χ0v) is 12.2. The molecule has 0 aliphatic carbocycles. The molecule has 18 heavy (non-hydrogen) atoms. The Kier molecular flexibility index (Phi) is 4.99. The van der Waals surface area contributed by atoms with Crippen LogP contribution in [0.4, 0.5) is 4.39 Å². The maximum atomic E-state index is 13.9. The standard InChI is InChI=1S/C11H12FN3S3/c1-16-10-14-15-11(18-10)17-6-8-4-2-3-7(5-13)9(8)12/h2-4H,5-6,13H2,1H3. The van der Waals surface area contributed by atoms with E-state index in [1.165, 1.54) is 23.1 Å². The van der Waals surface area contributed by atoms with Gasteiger partial charge >= 0.3 is 0 Å². The molecule has 1 aromatic carbocycles. The van der Waals surface area contributed by atoms with Gasteiger partial charge in [-0.25, -0.2) is 4.39 Å². The van der Waals surface area contributed by atoms with E-state index in [0.717, 1.165) is 8.68 Å².